The van der Waals surface area contributed by atoms with Crippen LogP contribution in [-0.4, -0.2) is 55.1 Å². The Hall–Kier alpha value is -2.51. The Bertz CT molecular complexity index is 1030. The molecule has 0 aliphatic carbocycles. The molecule has 0 atom stereocenters. The van der Waals surface area contributed by atoms with Gasteiger partial charge in [-0.1, -0.05) is 35.1 Å². The molecule has 0 saturated carbocycles. The number of fused-ring (bicyclic) bond motifs is 1. The SMILES string of the molecule is Cc1ccc(C)c(C(=O)NCCN2CCN(c3nc4c(F)cccc4s3)CC2)c1. The summed E-state index contributed by atoms with van der Waals surface area (Å²) in [5, 5.41) is 3.92. The number of rotatable bonds is 5. The van der Waals surface area contributed by atoms with E-state index in [1.54, 1.807) is 17.4 Å². The minimum atomic E-state index is -0.261. The lowest BCUT2D eigenvalue weighted by Crippen LogP contribution is -2.48. The molecule has 3 aromatic rings. The molecule has 7 heteroatoms. The van der Waals surface area contributed by atoms with Gasteiger partial charge in [0.15, 0.2) is 5.13 Å². The number of hydrogen-bond donors (Lipinski definition) is 1. The second kappa shape index (κ2) is 8.47. The van der Waals surface area contributed by atoms with Crippen molar-refractivity contribution in [2.24, 2.45) is 0 Å². The third-order valence-corrected chi connectivity index (χ3v) is 6.43. The molecule has 1 aliphatic rings. The topological polar surface area (TPSA) is 48.5 Å². The van der Waals surface area contributed by atoms with E-state index in [9.17, 15) is 9.18 Å². The van der Waals surface area contributed by atoms with E-state index in [0.717, 1.165) is 59.2 Å². The number of thiazole rings is 1. The second-order valence-corrected chi connectivity index (χ2v) is 8.50. The van der Waals surface area contributed by atoms with Gasteiger partial charge >= 0.3 is 0 Å². The van der Waals surface area contributed by atoms with Gasteiger partial charge in [0.25, 0.3) is 5.91 Å². The molecule has 0 unspecified atom stereocenters. The predicted octanol–water partition coefficient (Wildman–Crippen LogP) is 3.60. The van der Waals surface area contributed by atoms with Crippen molar-refractivity contribution in [1.29, 1.82) is 0 Å². The summed E-state index contributed by atoms with van der Waals surface area (Å²) in [6.07, 6.45) is 0. The number of anilines is 1. The quantitative estimate of drug-likeness (QED) is 0.696. The Morgan fingerprint density at radius 3 is 2.72 bits per heavy atom. The molecule has 4 rings (SSSR count). The minimum Gasteiger partial charge on any atom is -0.351 e. The number of nitrogens with one attached hydrogen (secondary N) is 1. The summed E-state index contributed by atoms with van der Waals surface area (Å²) >= 11 is 1.54. The zero-order chi connectivity index (χ0) is 20.4. The Morgan fingerprint density at radius 2 is 1.97 bits per heavy atom. The van der Waals surface area contributed by atoms with Crippen molar-refractivity contribution >= 4 is 32.6 Å². The van der Waals surface area contributed by atoms with Crippen LogP contribution < -0.4 is 10.2 Å². The van der Waals surface area contributed by atoms with Gasteiger partial charge in [0.2, 0.25) is 0 Å². The molecule has 0 bridgehead atoms. The van der Waals surface area contributed by atoms with Crippen molar-refractivity contribution in [2.45, 2.75) is 13.8 Å². The highest BCUT2D eigenvalue weighted by Gasteiger charge is 2.20. The van der Waals surface area contributed by atoms with Gasteiger partial charge in [-0.15, -0.1) is 0 Å². The van der Waals surface area contributed by atoms with Crippen LogP contribution in [0, 0.1) is 19.7 Å². The maximum Gasteiger partial charge on any atom is 0.251 e. The number of halogens is 1. The lowest BCUT2D eigenvalue weighted by molar-refractivity contribution is 0.0947. The van der Waals surface area contributed by atoms with E-state index < -0.39 is 0 Å². The van der Waals surface area contributed by atoms with Crippen LogP contribution in [0.2, 0.25) is 0 Å². The monoisotopic (exact) mass is 412 g/mol. The molecule has 1 N–H and O–H groups in total. The number of hydrogen-bond acceptors (Lipinski definition) is 5. The first-order valence-corrected chi connectivity index (χ1v) is 10.7. The molecular weight excluding hydrogens is 387 g/mol. The number of nitrogens with zero attached hydrogens (tertiary/aromatic N) is 3. The molecule has 29 heavy (non-hydrogen) atoms. The van der Waals surface area contributed by atoms with Gasteiger partial charge in [-0.05, 0) is 37.6 Å². The van der Waals surface area contributed by atoms with Crippen molar-refractivity contribution in [2.75, 3.05) is 44.2 Å². The number of piperazine rings is 1. The normalized spacial score (nSPS) is 15.1. The minimum absolute atomic E-state index is 0.0126. The van der Waals surface area contributed by atoms with Gasteiger partial charge in [0.1, 0.15) is 11.3 Å². The average Bonchev–Trinajstić information content (AvgIpc) is 3.16. The van der Waals surface area contributed by atoms with E-state index in [4.69, 9.17) is 0 Å². The van der Waals surface area contributed by atoms with Crippen molar-refractivity contribution in [1.82, 2.24) is 15.2 Å². The standard InChI is InChI=1S/C22H25FN4OS/c1-15-6-7-16(2)17(14-15)21(28)24-8-9-26-10-12-27(13-11-26)22-25-20-18(23)4-3-5-19(20)29-22/h3-7,14H,8-13H2,1-2H3,(H,24,28). The van der Waals surface area contributed by atoms with Crippen LogP contribution in [-0.2, 0) is 0 Å². The van der Waals surface area contributed by atoms with Crippen molar-refractivity contribution in [3.63, 3.8) is 0 Å². The molecule has 1 aliphatic heterocycles. The number of amides is 1. The van der Waals surface area contributed by atoms with Gasteiger partial charge in [-0.3, -0.25) is 9.69 Å². The fourth-order valence-corrected chi connectivity index (χ4v) is 4.64. The van der Waals surface area contributed by atoms with Crippen LogP contribution >= 0.6 is 11.3 Å². The molecule has 5 nitrogen and oxygen atoms in total. The molecule has 1 amide bonds. The molecule has 2 aromatic carbocycles. The van der Waals surface area contributed by atoms with Crippen molar-refractivity contribution in [3.05, 3.63) is 58.9 Å². The maximum atomic E-state index is 13.9. The predicted molar refractivity (Wildman–Crippen MR) is 116 cm³/mol. The second-order valence-electron chi connectivity index (χ2n) is 7.49. The zero-order valence-electron chi connectivity index (χ0n) is 16.7. The van der Waals surface area contributed by atoms with Crippen LogP contribution in [0.3, 0.4) is 0 Å². The summed E-state index contributed by atoms with van der Waals surface area (Å²) in [4.78, 5) is 21.5. The summed E-state index contributed by atoms with van der Waals surface area (Å²) in [5.41, 5.74) is 3.29. The first-order valence-electron chi connectivity index (χ1n) is 9.89. The number of para-hydroxylation sites is 1. The molecule has 1 aromatic heterocycles. The summed E-state index contributed by atoms with van der Waals surface area (Å²) in [6.45, 7) is 8.91. The van der Waals surface area contributed by atoms with Gasteiger partial charge in [0, 0.05) is 44.8 Å². The zero-order valence-corrected chi connectivity index (χ0v) is 17.6. The van der Waals surface area contributed by atoms with Crippen LogP contribution in [0.1, 0.15) is 21.5 Å². The number of carbonyl (C=O) groups excluding carboxylic acids is 1. The molecule has 1 saturated heterocycles. The van der Waals surface area contributed by atoms with Crippen LogP contribution in [0.15, 0.2) is 36.4 Å². The molecule has 2 heterocycles. The third-order valence-electron chi connectivity index (χ3n) is 5.35. The Morgan fingerprint density at radius 1 is 1.17 bits per heavy atom. The van der Waals surface area contributed by atoms with Gasteiger partial charge in [0.05, 0.1) is 4.70 Å². The Labute approximate surface area is 174 Å². The first-order chi connectivity index (χ1) is 14.0. The van der Waals surface area contributed by atoms with E-state index in [0.29, 0.717) is 12.1 Å². The highest BCUT2D eigenvalue weighted by Crippen LogP contribution is 2.30. The number of benzene rings is 2. The van der Waals surface area contributed by atoms with E-state index in [1.807, 2.05) is 38.1 Å². The molecule has 0 radical (unpaired) electrons. The van der Waals surface area contributed by atoms with E-state index in [1.165, 1.54) is 6.07 Å². The largest absolute Gasteiger partial charge is 0.351 e. The first kappa shape index (κ1) is 19.8. The lowest BCUT2D eigenvalue weighted by atomic mass is 10.1. The average molecular weight is 413 g/mol. The smallest absolute Gasteiger partial charge is 0.251 e. The van der Waals surface area contributed by atoms with E-state index in [2.05, 4.69) is 20.1 Å². The van der Waals surface area contributed by atoms with E-state index >= 15 is 0 Å². The maximum absolute atomic E-state index is 13.9. The van der Waals surface area contributed by atoms with Crippen LogP contribution in [0.5, 0.6) is 0 Å². The molecule has 0 spiro atoms. The molecule has 1 fully saturated rings. The molecular formula is C22H25FN4OS. The Balaban J connectivity index is 1.27. The van der Waals surface area contributed by atoms with Crippen molar-refractivity contribution < 1.29 is 9.18 Å². The van der Waals surface area contributed by atoms with Gasteiger partial charge in [-0.25, -0.2) is 9.37 Å². The van der Waals surface area contributed by atoms with Crippen molar-refractivity contribution in [3.8, 4) is 0 Å². The van der Waals surface area contributed by atoms with Gasteiger partial charge in [-0.2, -0.15) is 0 Å². The van der Waals surface area contributed by atoms with Gasteiger partial charge < -0.3 is 10.2 Å². The van der Waals surface area contributed by atoms with Crippen LogP contribution in [0.25, 0.3) is 10.2 Å². The fourth-order valence-electron chi connectivity index (χ4n) is 3.60. The summed E-state index contributed by atoms with van der Waals surface area (Å²) in [5.74, 6) is -0.274. The molecule has 152 valence electrons. The summed E-state index contributed by atoms with van der Waals surface area (Å²) < 4.78 is 14.8. The Kier molecular flexibility index (Phi) is 5.78. The van der Waals surface area contributed by atoms with Crippen LogP contribution in [0.4, 0.5) is 9.52 Å². The van der Waals surface area contributed by atoms with E-state index in [-0.39, 0.29) is 11.7 Å². The number of aromatic nitrogens is 1. The summed E-state index contributed by atoms with van der Waals surface area (Å²) in [7, 11) is 0. The lowest BCUT2D eigenvalue weighted by Gasteiger charge is -2.34. The number of aryl methyl sites for hydroxylation is 2. The highest BCUT2D eigenvalue weighted by atomic mass is 32.1. The number of carbonyl (C=O) groups is 1. The third kappa shape index (κ3) is 4.41. The fraction of sp³-hybridized carbons (Fsp3) is 0.364. The summed E-state index contributed by atoms with van der Waals surface area (Å²) in [6, 6.07) is 11.0. The highest BCUT2D eigenvalue weighted by molar-refractivity contribution is 7.22.